The molecule has 1 aliphatic carbocycles. The molecule has 0 aromatic carbocycles. The molecule has 25 heavy (non-hydrogen) atoms. The second-order valence-corrected chi connectivity index (χ2v) is 7.27. The van der Waals surface area contributed by atoms with Crippen molar-refractivity contribution in [2.24, 2.45) is 11.8 Å². The number of rotatable bonds is 4. The van der Waals surface area contributed by atoms with Crippen molar-refractivity contribution < 1.29 is 24.9 Å². The molecule has 5 nitrogen and oxygen atoms in total. The molecular weight excluding hydrogens is 320 g/mol. The van der Waals surface area contributed by atoms with Gasteiger partial charge in [-0.1, -0.05) is 38.0 Å². The van der Waals surface area contributed by atoms with E-state index in [4.69, 9.17) is 4.74 Å². The molecule has 1 saturated carbocycles. The van der Waals surface area contributed by atoms with Crippen molar-refractivity contribution in [3.63, 3.8) is 0 Å². The monoisotopic (exact) mass is 352 g/mol. The molecule has 0 radical (unpaired) electrons. The van der Waals surface area contributed by atoms with Crippen LogP contribution in [0.3, 0.4) is 0 Å². The van der Waals surface area contributed by atoms with E-state index in [1.165, 1.54) is 0 Å². The maximum atomic E-state index is 12.1. The van der Waals surface area contributed by atoms with Crippen molar-refractivity contribution in [3.8, 4) is 0 Å². The van der Waals surface area contributed by atoms with Crippen molar-refractivity contribution in [1.29, 1.82) is 0 Å². The van der Waals surface area contributed by atoms with Gasteiger partial charge in [0.2, 0.25) is 0 Å². The van der Waals surface area contributed by atoms with Crippen LogP contribution in [0.25, 0.3) is 0 Å². The molecule has 142 valence electrons. The van der Waals surface area contributed by atoms with Crippen LogP contribution < -0.4 is 0 Å². The van der Waals surface area contributed by atoms with Crippen LogP contribution in [0, 0.1) is 11.8 Å². The van der Waals surface area contributed by atoms with E-state index in [0.717, 1.165) is 19.3 Å². The van der Waals surface area contributed by atoms with Crippen LogP contribution in [0.2, 0.25) is 0 Å². The van der Waals surface area contributed by atoms with Crippen LogP contribution >= 0.6 is 0 Å². The largest absolute Gasteiger partial charge is 0.456 e. The van der Waals surface area contributed by atoms with Gasteiger partial charge in [-0.3, -0.25) is 0 Å². The highest BCUT2D eigenvalue weighted by Gasteiger charge is 2.39. The maximum Gasteiger partial charge on any atom is 0.335 e. The topological polar surface area (TPSA) is 87.0 Å². The van der Waals surface area contributed by atoms with Crippen LogP contribution in [0.1, 0.15) is 58.3 Å². The third kappa shape index (κ3) is 5.94. The normalized spacial score (nSPS) is 39.4. The molecule has 2 aliphatic rings. The Morgan fingerprint density at radius 2 is 1.92 bits per heavy atom. The molecule has 0 spiro atoms. The lowest BCUT2D eigenvalue weighted by Crippen LogP contribution is -2.27. The van der Waals surface area contributed by atoms with Gasteiger partial charge in [-0.25, -0.2) is 4.79 Å². The Balaban J connectivity index is 2.15. The van der Waals surface area contributed by atoms with Crippen LogP contribution in [-0.4, -0.2) is 45.7 Å². The van der Waals surface area contributed by atoms with Gasteiger partial charge < -0.3 is 20.1 Å². The van der Waals surface area contributed by atoms with Crippen molar-refractivity contribution in [2.75, 3.05) is 0 Å². The fourth-order valence-electron chi connectivity index (χ4n) is 3.72. The molecule has 1 aliphatic heterocycles. The third-order valence-electron chi connectivity index (χ3n) is 5.28. The highest BCUT2D eigenvalue weighted by atomic mass is 16.6. The Morgan fingerprint density at radius 1 is 1.12 bits per heavy atom. The first-order valence-electron chi connectivity index (χ1n) is 9.61. The van der Waals surface area contributed by atoms with E-state index in [9.17, 15) is 20.1 Å². The summed E-state index contributed by atoms with van der Waals surface area (Å²) >= 11 is 0. The summed E-state index contributed by atoms with van der Waals surface area (Å²) in [4.78, 5) is 12.1. The molecule has 0 amide bonds. The van der Waals surface area contributed by atoms with E-state index in [1.807, 2.05) is 24.3 Å². The summed E-state index contributed by atoms with van der Waals surface area (Å²) in [5, 5.41) is 30.4. The number of aliphatic hydroxyl groups is 3. The van der Waals surface area contributed by atoms with Crippen LogP contribution in [0.15, 0.2) is 24.3 Å². The number of allylic oxidation sites excluding steroid dienone is 2. The maximum absolute atomic E-state index is 12.1. The summed E-state index contributed by atoms with van der Waals surface area (Å²) in [5.41, 5.74) is 0. The fraction of sp³-hybridized carbons (Fsp3) is 0.750. The number of fused-ring (bicyclic) bond motifs is 1. The zero-order valence-electron chi connectivity index (χ0n) is 15.1. The van der Waals surface area contributed by atoms with Crippen molar-refractivity contribution in [1.82, 2.24) is 0 Å². The van der Waals surface area contributed by atoms with Crippen LogP contribution in [0.5, 0.6) is 0 Å². The lowest BCUT2D eigenvalue weighted by molar-refractivity contribution is -0.157. The van der Waals surface area contributed by atoms with E-state index in [1.54, 1.807) is 0 Å². The lowest BCUT2D eigenvalue weighted by Gasteiger charge is -2.21. The minimum absolute atomic E-state index is 0.0276. The Bertz CT molecular complexity index is 473. The van der Waals surface area contributed by atoms with Gasteiger partial charge in [-0.15, -0.1) is 0 Å². The Morgan fingerprint density at radius 3 is 2.68 bits per heavy atom. The Labute approximate surface area is 150 Å². The fourth-order valence-corrected chi connectivity index (χ4v) is 3.72. The highest BCUT2D eigenvalue weighted by Crippen LogP contribution is 2.36. The predicted molar refractivity (Wildman–Crippen MR) is 95.8 cm³/mol. The van der Waals surface area contributed by atoms with E-state index >= 15 is 0 Å². The van der Waals surface area contributed by atoms with Gasteiger partial charge in [0.25, 0.3) is 0 Å². The second kappa shape index (κ2) is 10.1. The standard InChI is InChI=1S/C20H32O5/c1-2-3-5-8-14-11-12-16-15(18(22)13-19(16)23)9-6-4-7-10-17(21)20(24)25-14/h4,6,11-12,14-19,21-23H,2-3,5,7-10,13H2,1H3/b6-4-,12-11-/t14-,15+,16+,17?,18-,19+/m0/s1. The minimum atomic E-state index is -1.11. The molecule has 0 aromatic rings. The number of cyclic esters (lactones) is 1. The van der Waals surface area contributed by atoms with Gasteiger partial charge in [0.15, 0.2) is 6.10 Å². The van der Waals surface area contributed by atoms with Crippen LogP contribution in [0.4, 0.5) is 0 Å². The van der Waals surface area contributed by atoms with Gasteiger partial charge in [-0.2, -0.15) is 0 Å². The molecule has 3 N–H and O–H groups in total. The number of esters is 1. The SMILES string of the molecule is CCCCC[C@H]1/C=C\[C@@H]2[C@@H](C/C=C\CCC(O)C(=O)O1)[C@@H](O)C[C@H]2O. The number of carbonyl (C=O) groups excluding carboxylic acids is 1. The van der Waals surface area contributed by atoms with Crippen molar-refractivity contribution in [3.05, 3.63) is 24.3 Å². The molecule has 6 atom stereocenters. The lowest BCUT2D eigenvalue weighted by atomic mass is 9.89. The molecule has 5 heteroatoms. The van der Waals surface area contributed by atoms with E-state index in [0.29, 0.717) is 32.1 Å². The number of hydrogen-bond acceptors (Lipinski definition) is 5. The summed E-state index contributed by atoms with van der Waals surface area (Å²) in [5.74, 6) is -0.750. The minimum Gasteiger partial charge on any atom is -0.456 e. The summed E-state index contributed by atoms with van der Waals surface area (Å²) in [6.07, 6.45) is 10.8. The van der Waals surface area contributed by atoms with Gasteiger partial charge in [-0.05, 0) is 44.1 Å². The molecule has 0 aromatic heterocycles. The van der Waals surface area contributed by atoms with E-state index in [-0.39, 0.29) is 11.8 Å². The summed E-state index contributed by atoms with van der Waals surface area (Å²) < 4.78 is 5.49. The van der Waals surface area contributed by atoms with Crippen molar-refractivity contribution >= 4 is 5.97 Å². The molecule has 1 unspecified atom stereocenters. The van der Waals surface area contributed by atoms with Gasteiger partial charge in [0, 0.05) is 12.3 Å². The number of ether oxygens (including phenoxy) is 1. The van der Waals surface area contributed by atoms with Gasteiger partial charge in [0.05, 0.1) is 12.2 Å². The molecule has 2 rings (SSSR count). The zero-order chi connectivity index (χ0) is 18.2. The Hall–Kier alpha value is -1.17. The molecular formula is C20H32O5. The number of unbranched alkanes of at least 4 members (excludes halogenated alkanes) is 2. The molecule has 1 heterocycles. The summed E-state index contributed by atoms with van der Waals surface area (Å²) in [6.45, 7) is 2.12. The predicted octanol–water partition coefficient (Wildman–Crippen LogP) is 2.49. The summed E-state index contributed by atoms with van der Waals surface area (Å²) in [7, 11) is 0. The first kappa shape index (κ1) is 20.1. The number of hydrogen-bond donors (Lipinski definition) is 3. The third-order valence-corrected chi connectivity index (χ3v) is 5.28. The smallest absolute Gasteiger partial charge is 0.335 e. The van der Waals surface area contributed by atoms with Crippen LogP contribution in [-0.2, 0) is 9.53 Å². The summed E-state index contributed by atoms with van der Waals surface area (Å²) in [6, 6.07) is 0. The van der Waals surface area contributed by atoms with E-state index in [2.05, 4.69) is 6.92 Å². The van der Waals surface area contributed by atoms with Crippen molar-refractivity contribution in [2.45, 2.75) is 82.7 Å². The molecule has 0 saturated heterocycles. The molecule has 0 bridgehead atoms. The Kier molecular flexibility index (Phi) is 8.13. The van der Waals surface area contributed by atoms with Gasteiger partial charge >= 0.3 is 5.97 Å². The highest BCUT2D eigenvalue weighted by molar-refractivity contribution is 5.74. The zero-order valence-corrected chi connectivity index (χ0v) is 15.1. The van der Waals surface area contributed by atoms with Gasteiger partial charge in [0.1, 0.15) is 6.10 Å². The number of carbonyl (C=O) groups is 1. The average molecular weight is 352 g/mol. The number of aliphatic hydroxyl groups excluding tert-OH is 3. The first-order chi connectivity index (χ1) is 12.0. The van der Waals surface area contributed by atoms with E-state index < -0.39 is 30.4 Å². The quantitative estimate of drug-likeness (QED) is 0.411. The average Bonchev–Trinajstić information content (AvgIpc) is 2.85. The first-order valence-corrected chi connectivity index (χ1v) is 9.61. The second-order valence-electron chi connectivity index (χ2n) is 7.27. The molecule has 1 fully saturated rings.